The van der Waals surface area contributed by atoms with Gasteiger partial charge in [-0.2, -0.15) is 0 Å². The molecular formula is C20H38N2+2. The van der Waals surface area contributed by atoms with Crippen molar-refractivity contribution >= 4 is 0 Å². The Hall–Kier alpha value is -0.0800. The molecule has 4 rings (SSSR count). The van der Waals surface area contributed by atoms with Crippen LogP contribution in [0.1, 0.15) is 64.2 Å². The molecule has 0 radical (unpaired) electrons. The summed E-state index contributed by atoms with van der Waals surface area (Å²) < 4.78 is 2.87. The molecule has 4 aliphatic rings. The molecule has 126 valence electrons. The zero-order chi connectivity index (χ0) is 15.2. The van der Waals surface area contributed by atoms with E-state index in [0.717, 1.165) is 23.9 Å². The number of nitrogens with zero attached hydrogens (tertiary/aromatic N) is 2. The highest BCUT2D eigenvalue weighted by atomic mass is 15.4. The molecule has 0 atom stereocenters. The Kier molecular flexibility index (Phi) is 4.05. The zero-order valence-electron chi connectivity index (χ0n) is 15.1. The normalized spacial score (nSPS) is 43.9. The molecule has 2 aliphatic heterocycles. The molecule has 0 amide bonds. The predicted molar refractivity (Wildman–Crippen MR) is 92.6 cm³/mol. The number of piperidine rings is 2. The van der Waals surface area contributed by atoms with Gasteiger partial charge >= 0.3 is 0 Å². The minimum Gasteiger partial charge on any atom is -0.324 e. The average molecular weight is 307 g/mol. The van der Waals surface area contributed by atoms with Crippen LogP contribution in [0.5, 0.6) is 0 Å². The van der Waals surface area contributed by atoms with E-state index in [1.165, 1.54) is 73.7 Å². The van der Waals surface area contributed by atoms with Crippen LogP contribution in [0.25, 0.3) is 0 Å². The lowest BCUT2D eigenvalue weighted by Crippen LogP contribution is -2.55. The summed E-state index contributed by atoms with van der Waals surface area (Å²) in [4.78, 5) is 0. The molecule has 2 saturated heterocycles. The summed E-state index contributed by atoms with van der Waals surface area (Å²) in [5, 5.41) is 0. The minimum atomic E-state index is 1.02. The van der Waals surface area contributed by atoms with Gasteiger partial charge in [-0.25, -0.2) is 0 Å². The van der Waals surface area contributed by atoms with Crippen molar-refractivity contribution in [2.45, 2.75) is 76.3 Å². The van der Waals surface area contributed by atoms with Crippen molar-refractivity contribution in [3.05, 3.63) is 0 Å². The Bertz CT molecular complexity index is 343. The molecule has 2 heteroatoms. The van der Waals surface area contributed by atoms with E-state index in [1.54, 1.807) is 25.7 Å². The van der Waals surface area contributed by atoms with E-state index < -0.39 is 0 Å². The lowest BCUT2D eigenvalue weighted by molar-refractivity contribution is -0.940. The Morgan fingerprint density at radius 1 is 0.500 bits per heavy atom. The Morgan fingerprint density at radius 2 is 0.818 bits per heavy atom. The Labute approximate surface area is 138 Å². The molecule has 4 fully saturated rings. The second-order valence-electron chi connectivity index (χ2n) is 9.75. The molecule has 22 heavy (non-hydrogen) atoms. The summed E-state index contributed by atoms with van der Waals surface area (Å²) in [6.45, 7) is 5.89. The van der Waals surface area contributed by atoms with Crippen LogP contribution in [0.4, 0.5) is 0 Å². The molecule has 2 aliphatic carbocycles. The summed E-state index contributed by atoms with van der Waals surface area (Å²) >= 11 is 0. The van der Waals surface area contributed by atoms with Gasteiger partial charge in [0, 0.05) is 25.7 Å². The van der Waals surface area contributed by atoms with Gasteiger partial charge in [0.2, 0.25) is 0 Å². The number of hydrogen-bond donors (Lipinski definition) is 0. The van der Waals surface area contributed by atoms with Crippen LogP contribution in [0.15, 0.2) is 0 Å². The zero-order valence-corrected chi connectivity index (χ0v) is 15.1. The second-order valence-corrected chi connectivity index (χ2v) is 9.75. The van der Waals surface area contributed by atoms with E-state index in [1.807, 2.05) is 0 Å². The molecule has 0 bridgehead atoms. The van der Waals surface area contributed by atoms with Crippen molar-refractivity contribution in [3.63, 3.8) is 0 Å². The van der Waals surface area contributed by atoms with Gasteiger partial charge in [0.1, 0.15) is 0 Å². The largest absolute Gasteiger partial charge is 0.324 e. The molecule has 0 N–H and O–H groups in total. The molecule has 2 heterocycles. The van der Waals surface area contributed by atoms with Gasteiger partial charge in [0.15, 0.2) is 0 Å². The SMILES string of the molecule is C[N+]1(C2C[C@H]3CC([N+]4(C)CCCCC4)C[C@H]3C2)CCCCC1. The summed E-state index contributed by atoms with van der Waals surface area (Å²) in [6.07, 6.45) is 15.2. The van der Waals surface area contributed by atoms with Crippen LogP contribution in [-0.4, -0.2) is 61.3 Å². The standard InChI is InChI=1S/C20H38N2/c1-21(9-5-3-6-10-21)19-13-17-15-20(16-18(17)14-19)22(2)11-7-4-8-12-22/h17-20H,3-16H2,1-2H3/q+2/t17-,18+,19?,20?. The quantitative estimate of drug-likeness (QED) is 0.681. The smallest absolute Gasteiger partial charge is 0.0893 e. The first kappa shape index (κ1) is 15.4. The van der Waals surface area contributed by atoms with Crippen LogP contribution >= 0.6 is 0 Å². The van der Waals surface area contributed by atoms with Crippen LogP contribution in [0, 0.1) is 11.8 Å². The maximum atomic E-state index is 2.58. The highest BCUT2D eigenvalue weighted by molar-refractivity contribution is 4.93. The molecule has 2 nitrogen and oxygen atoms in total. The summed E-state index contributed by atoms with van der Waals surface area (Å²) in [5.74, 6) is 2.17. The van der Waals surface area contributed by atoms with E-state index in [0.29, 0.717) is 0 Å². The summed E-state index contributed by atoms with van der Waals surface area (Å²) in [6, 6.07) is 2.03. The first-order chi connectivity index (χ1) is 10.6. The van der Waals surface area contributed by atoms with Crippen LogP contribution in [0.3, 0.4) is 0 Å². The molecule has 2 saturated carbocycles. The van der Waals surface area contributed by atoms with Crippen molar-refractivity contribution in [2.24, 2.45) is 11.8 Å². The molecule has 0 aromatic rings. The first-order valence-electron chi connectivity index (χ1n) is 10.3. The van der Waals surface area contributed by atoms with Crippen LogP contribution < -0.4 is 0 Å². The third-order valence-electron chi connectivity index (χ3n) is 8.40. The van der Waals surface area contributed by atoms with Crippen molar-refractivity contribution < 1.29 is 8.97 Å². The number of fused-ring (bicyclic) bond motifs is 1. The Balaban J connectivity index is 1.38. The third-order valence-corrected chi connectivity index (χ3v) is 8.40. The lowest BCUT2D eigenvalue weighted by Gasteiger charge is -2.45. The topological polar surface area (TPSA) is 0 Å². The van der Waals surface area contributed by atoms with Gasteiger partial charge in [0.25, 0.3) is 0 Å². The van der Waals surface area contributed by atoms with Gasteiger partial charge in [-0.05, 0) is 50.4 Å². The fraction of sp³-hybridized carbons (Fsp3) is 1.00. The van der Waals surface area contributed by atoms with Crippen molar-refractivity contribution in [2.75, 3.05) is 40.3 Å². The van der Waals surface area contributed by atoms with Gasteiger partial charge in [0.05, 0.1) is 52.4 Å². The molecular weight excluding hydrogens is 268 g/mol. The van der Waals surface area contributed by atoms with E-state index in [-0.39, 0.29) is 0 Å². The highest BCUT2D eigenvalue weighted by Gasteiger charge is 2.52. The number of hydrogen-bond acceptors (Lipinski definition) is 0. The summed E-state index contributed by atoms with van der Waals surface area (Å²) in [7, 11) is 5.17. The third kappa shape index (κ3) is 2.65. The number of rotatable bonds is 2. The Morgan fingerprint density at radius 3 is 1.14 bits per heavy atom. The van der Waals surface area contributed by atoms with Gasteiger partial charge in [-0.15, -0.1) is 0 Å². The lowest BCUT2D eigenvalue weighted by atomic mass is 9.98. The van der Waals surface area contributed by atoms with Crippen molar-refractivity contribution in [1.29, 1.82) is 0 Å². The summed E-state index contributed by atoms with van der Waals surface area (Å²) in [5.41, 5.74) is 0. The van der Waals surface area contributed by atoms with Gasteiger partial charge < -0.3 is 8.97 Å². The predicted octanol–water partition coefficient (Wildman–Crippen LogP) is 3.80. The highest BCUT2D eigenvalue weighted by Crippen LogP contribution is 2.50. The van der Waals surface area contributed by atoms with E-state index >= 15 is 0 Å². The minimum absolute atomic E-state index is 1.02. The average Bonchev–Trinajstić information content (AvgIpc) is 3.08. The molecule has 0 unspecified atom stereocenters. The fourth-order valence-corrected chi connectivity index (χ4v) is 6.77. The number of quaternary nitrogens is 2. The van der Waals surface area contributed by atoms with Crippen molar-refractivity contribution in [1.82, 2.24) is 0 Å². The monoisotopic (exact) mass is 306 g/mol. The van der Waals surface area contributed by atoms with Crippen LogP contribution in [-0.2, 0) is 0 Å². The molecule has 0 aromatic carbocycles. The maximum absolute atomic E-state index is 2.58. The van der Waals surface area contributed by atoms with Crippen molar-refractivity contribution in [3.8, 4) is 0 Å². The molecule has 0 aromatic heterocycles. The van der Waals surface area contributed by atoms with Gasteiger partial charge in [-0.1, -0.05) is 0 Å². The van der Waals surface area contributed by atoms with E-state index in [2.05, 4.69) is 14.1 Å². The van der Waals surface area contributed by atoms with Gasteiger partial charge in [-0.3, -0.25) is 0 Å². The first-order valence-corrected chi connectivity index (χ1v) is 10.3. The van der Waals surface area contributed by atoms with E-state index in [4.69, 9.17) is 0 Å². The fourth-order valence-electron chi connectivity index (χ4n) is 6.77. The maximum Gasteiger partial charge on any atom is 0.0893 e. The van der Waals surface area contributed by atoms with Crippen LogP contribution in [0.2, 0.25) is 0 Å². The molecule has 0 spiro atoms. The number of likely N-dealkylation sites (tertiary alicyclic amines) is 2. The van der Waals surface area contributed by atoms with E-state index in [9.17, 15) is 0 Å². The second kappa shape index (κ2) is 5.77.